The van der Waals surface area contributed by atoms with Crippen LogP contribution in [0.2, 0.25) is 0 Å². The number of ether oxygens (including phenoxy) is 2. The van der Waals surface area contributed by atoms with Gasteiger partial charge < -0.3 is 30.0 Å². The molecule has 0 radical (unpaired) electrons. The highest BCUT2D eigenvalue weighted by molar-refractivity contribution is 7.74. The van der Waals surface area contributed by atoms with Gasteiger partial charge in [-0.05, 0) is 6.42 Å². The number of fused-ring (bicyclic) bond motifs is 1. The molecule has 2 heterocycles. The van der Waals surface area contributed by atoms with Gasteiger partial charge in [-0.15, -0.1) is 0 Å². The van der Waals surface area contributed by atoms with Crippen LogP contribution in [0.5, 0.6) is 0 Å². The monoisotopic (exact) mass is 374 g/mol. The van der Waals surface area contributed by atoms with Crippen molar-refractivity contribution in [3.63, 3.8) is 0 Å². The lowest BCUT2D eigenvalue weighted by Crippen LogP contribution is -2.21. The number of imidazole rings is 1. The number of H-pyrrole nitrogens is 1. The van der Waals surface area contributed by atoms with Crippen molar-refractivity contribution in [3.05, 3.63) is 16.7 Å². The maximum Gasteiger partial charge on any atom is 0.280 e. The van der Waals surface area contributed by atoms with E-state index in [1.807, 2.05) is 0 Å². The van der Waals surface area contributed by atoms with E-state index in [2.05, 4.69) is 15.0 Å². The van der Waals surface area contributed by atoms with Crippen LogP contribution < -0.4 is 16.4 Å². The molecule has 0 aliphatic heterocycles. The van der Waals surface area contributed by atoms with E-state index in [4.69, 9.17) is 20.1 Å². The van der Waals surface area contributed by atoms with Gasteiger partial charge in [-0.2, -0.15) is 4.98 Å². The third-order valence-corrected chi connectivity index (χ3v) is 4.62. The quantitative estimate of drug-likeness (QED) is 0.333. The molecule has 0 spiro atoms. The first-order valence-corrected chi connectivity index (χ1v) is 9.05. The molecule has 0 fully saturated rings. The lowest BCUT2D eigenvalue weighted by Gasteiger charge is -2.12. The van der Waals surface area contributed by atoms with Gasteiger partial charge in [-0.3, -0.25) is 18.9 Å². The molecule has 0 aromatic carbocycles. The summed E-state index contributed by atoms with van der Waals surface area (Å²) in [6, 6.07) is 0. The normalized spacial score (nSPS) is 13.8. The van der Waals surface area contributed by atoms with Gasteiger partial charge in [0.2, 0.25) is 13.3 Å². The van der Waals surface area contributed by atoms with Gasteiger partial charge in [-0.1, -0.05) is 0 Å². The minimum atomic E-state index is -4.25. The fourth-order valence-corrected chi connectivity index (χ4v) is 2.66. The zero-order valence-electron chi connectivity index (χ0n) is 13.1. The summed E-state index contributed by atoms with van der Waals surface area (Å²) >= 11 is 0. The van der Waals surface area contributed by atoms with Crippen LogP contribution in [0, 0.1) is 0 Å². The van der Waals surface area contributed by atoms with E-state index in [9.17, 15) is 19.3 Å². The number of nitrogens with zero attached hydrogens (tertiary/aromatic N) is 3. The number of carbonyl (C=O) groups excluding carboxylic acids is 1. The third-order valence-electron chi connectivity index (χ3n) is 3.13. The Hall–Kier alpha value is -2.27. The topological polar surface area (TPSA) is 185 Å². The molecule has 0 amide bonds. The molecular weight excluding hydrogens is 357 g/mol. The van der Waals surface area contributed by atoms with Gasteiger partial charge in [-0.25, -0.2) is 4.98 Å². The molecule has 1 unspecified atom stereocenters. The molecule has 0 bridgehead atoms. The Morgan fingerprint density at radius 1 is 1.40 bits per heavy atom. The van der Waals surface area contributed by atoms with Crippen molar-refractivity contribution in [2.24, 2.45) is 0 Å². The van der Waals surface area contributed by atoms with Crippen molar-refractivity contribution >= 4 is 30.2 Å². The Labute approximate surface area is 141 Å². The first kappa shape index (κ1) is 19.1. The number of nitrogen functional groups attached to an aromatic ring is 1. The summed E-state index contributed by atoms with van der Waals surface area (Å²) in [4.78, 5) is 41.2. The smallest absolute Gasteiger partial charge is 0.280 e. The van der Waals surface area contributed by atoms with E-state index in [0.29, 0.717) is 5.65 Å². The van der Waals surface area contributed by atoms with Gasteiger partial charge in [0, 0.05) is 12.8 Å². The van der Waals surface area contributed by atoms with Crippen LogP contribution in [-0.2, 0) is 20.8 Å². The average Bonchev–Trinajstić information content (AvgIpc) is 2.93. The first-order valence-electron chi connectivity index (χ1n) is 7.21. The highest BCUT2D eigenvalue weighted by Gasteiger charge is 2.18. The van der Waals surface area contributed by atoms with E-state index in [1.54, 1.807) is 0 Å². The van der Waals surface area contributed by atoms with Gasteiger partial charge in [0.05, 0.1) is 19.5 Å². The maximum atomic E-state index is 11.6. The van der Waals surface area contributed by atoms with Crippen molar-refractivity contribution in [1.29, 1.82) is 0 Å². The highest BCUT2D eigenvalue weighted by atomic mass is 31.2. The molecule has 25 heavy (non-hydrogen) atoms. The van der Waals surface area contributed by atoms with Gasteiger partial charge in [0.15, 0.2) is 11.2 Å². The molecule has 4 N–H and O–H groups in total. The van der Waals surface area contributed by atoms with E-state index in [1.165, 1.54) is 10.9 Å². The van der Waals surface area contributed by atoms with Crippen molar-refractivity contribution < 1.29 is 28.8 Å². The van der Waals surface area contributed by atoms with Crippen LogP contribution in [0.25, 0.3) is 11.2 Å². The Bertz CT molecular complexity index is 848. The number of carbonyl (C=O) groups is 1. The number of aromatic amines is 1. The fraction of sp³-hybridized carbons (Fsp3) is 0.500. The Morgan fingerprint density at radius 2 is 2.12 bits per heavy atom. The second-order valence-corrected chi connectivity index (χ2v) is 7.25. The minimum Gasteiger partial charge on any atom is -0.540 e. The van der Waals surface area contributed by atoms with Crippen LogP contribution >= 0.6 is 7.37 Å². The predicted octanol–water partition coefficient (Wildman–Crippen LogP) is -1.30. The number of nitrogens with two attached hydrogens (primary N) is 1. The van der Waals surface area contributed by atoms with E-state index >= 15 is 0 Å². The summed E-state index contributed by atoms with van der Waals surface area (Å²) in [7, 11) is -4.25. The zero-order chi connectivity index (χ0) is 18.4. The molecule has 2 aromatic rings. The Morgan fingerprint density at radius 3 is 2.84 bits per heavy atom. The third kappa shape index (κ3) is 5.10. The number of nitrogens with one attached hydrogen (secondary N) is 1. The van der Waals surface area contributed by atoms with E-state index in [0.717, 1.165) is 0 Å². The SMILES string of the molecule is Nc1nc2c(ncn2COCCOCCCP(=O)(O)C(=O)[O-])c(=O)[nH]1. The lowest BCUT2D eigenvalue weighted by molar-refractivity contribution is -0.235. The summed E-state index contributed by atoms with van der Waals surface area (Å²) in [6.45, 7) is 0.592. The molecule has 0 aliphatic carbocycles. The van der Waals surface area contributed by atoms with Crippen LogP contribution in [0.4, 0.5) is 10.7 Å². The number of anilines is 1. The summed E-state index contributed by atoms with van der Waals surface area (Å²) in [5, 5.41) is 10.3. The van der Waals surface area contributed by atoms with Crippen LogP contribution in [0.15, 0.2) is 11.1 Å². The molecule has 1 atom stereocenters. The molecule has 2 aromatic heterocycles. The van der Waals surface area contributed by atoms with Gasteiger partial charge in [0.25, 0.3) is 5.56 Å². The number of hydrogen-bond donors (Lipinski definition) is 3. The van der Waals surface area contributed by atoms with Crippen LogP contribution in [0.3, 0.4) is 0 Å². The molecule has 2 rings (SSSR count). The minimum absolute atomic E-state index is 0.0275. The summed E-state index contributed by atoms with van der Waals surface area (Å²) in [5.74, 6) is -0.0275. The fourth-order valence-electron chi connectivity index (χ4n) is 1.92. The van der Waals surface area contributed by atoms with E-state index < -0.39 is 24.8 Å². The number of hydrogen-bond acceptors (Lipinski definition) is 9. The van der Waals surface area contributed by atoms with Crippen molar-refractivity contribution in [2.75, 3.05) is 31.7 Å². The van der Waals surface area contributed by atoms with Crippen molar-refractivity contribution in [3.8, 4) is 0 Å². The van der Waals surface area contributed by atoms with Gasteiger partial charge >= 0.3 is 0 Å². The van der Waals surface area contributed by atoms with Crippen molar-refractivity contribution in [2.45, 2.75) is 13.2 Å². The molecule has 0 aliphatic rings. The molecular formula is C12H17N5O7P-. The summed E-state index contributed by atoms with van der Waals surface area (Å²) in [6.07, 6.45) is 1.10. The second-order valence-electron chi connectivity index (χ2n) is 5.03. The summed E-state index contributed by atoms with van der Waals surface area (Å²) < 4.78 is 23.1. The maximum absolute atomic E-state index is 11.6. The summed E-state index contributed by atoms with van der Waals surface area (Å²) in [5.41, 5.74) is 3.53. The second kappa shape index (κ2) is 8.21. The molecule has 0 saturated carbocycles. The number of rotatable bonds is 10. The Kier molecular flexibility index (Phi) is 6.26. The largest absolute Gasteiger partial charge is 0.540 e. The standard InChI is InChI=1S/C12H18N5O7P/c13-11-15-9-8(10(18)16-11)14-6-17(9)7-24-4-3-23-2-1-5-25(21,22)12(19)20/h6H,1-5,7H2,(H,19,20)(H,21,22)(H3,13,15,16,18)/p-1. The van der Waals surface area contributed by atoms with E-state index in [-0.39, 0.29) is 44.4 Å². The average molecular weight is 374 g/mol. The Balaban J connectivity index is 1.68. The number of carboxylic acid groups (broad SMARTS) is 1. The van der Waals surface area contributed by atoms with Crippen LogP contribution in [-0.4, -0.2) is 56.1 Å². The molecule has 13 heteroatoms. The number of aromatic nitrogens is 4. The zero-order valence-corrected chi connectivity index (χ0v) is 14.0. The highest BCUT2D eigenvalue weighted by Crippen LogP contribution is 2.40. The molecule has 0 saturated heterocycles. The molecule has 138 valence electrons. The molecule has 12 nitrogen and oxygen atoms in total. The van der Waals surface area contributed by atoms with Crippen molar-refractivity contribution in [1.82, 2.24) is 19.5 Å². The first-order chi connectivity index (χ1) is 11.8. The predicted molar refractivity (Wildman–Crippen MR) is 84.0 cm³/mol. The lowest BCUT2D eigenvalue weighted by atomic mass is 10.5. The van der Waals surface area contributed by atoms with Gasteiger partial charge in [0.1, 0.15) is 12.4 Å². The van der Waals surface area contributed by atoms with Crippen LogP contribution in [0.1, 0.15) is 6.42 Å².